The minimum Gasteiger partial charge on any atom is -0.476 e. The average Bonchev–Trinajstić information content (AvgIpc) is 2.77. The maximum atomic E-state index is 11.8. The van der Waals surface area contributed by atoms with Crippen molar-refractivity contribution in [2.45, 2.75) is 24.0 Å². The molecule has 0 bridgehead atoms. The third kappa shape index (κ3) is 2.67. The number of hydrogen-bond donors (Lipinski definition) is 2. The number of nitrogens with zero attached hydrogens (tertiary/aromatic N) is 1. The molecule has 0 aliphatic heterocycles. The lowest BCUT2D eigenvalue weighted by atomic mass is 9.84. The SMILES string of the molecule is CSC1(CNC(=O)c2cnc(C(=O)O)s2)CCC1. The first-order valence-electron chi connectivity index (χ1n) is 5.59. The third-order valence-corrected chi connectivity index (χ3v) is 5.58. The number of nitrogens with one attached hydrogen (secondary N) is 1. The molecule has 1 fully saturated rings. The van der Waals surface area contributed by atoms with Crippen LogP contribution in [0.25, 0.3) is 0 Å². The lowest BCUT2D eigenvalue weighted by Gasteiger charge is -2.40. The minimum absolute atomic E-state index is 0.0524. The van der Waals surface area contributed by atoms with Crippen LogP contribution in [0.1, 0.15) is 38.7 Å². The van der Waals surface area contributed by atoms with Crippen molar-refractivity contribution in [2.75, 3.05) is 12.8 Å². The van der Waals surface area contributed by atoms with Gasteiger partial charge in [0.1, 0.15) is 4.88 Å². The first-order valence-corrected chi connectivity index (χ1v) is 7.63. The van der Waals surface area contributed by atoms with Gasteiger partial charge >= 0.3 is 5.97 Å². The number of thioether (sulfide) groups is 1. The molecule has 7 heteroatoms. The number of thiazole rings is 1. The van der Waals surface area contributed by atoms with Crippen LogP contribution in [-0.2, 0) is 0 Å². The minimum atomic E-state index is -1.10. The second-order valence-electron chi connectivity index (χ2n) is 4.26. The van der Waals surface area contributed by atoms with Crippen molar-refractivity contribution in [1.82, 2.24) is 10.3 Å². The fraction of sp³-hybridized carbons (Fsp3) is 0.545. The van der Waals surface area contributed by atoms with E-state index in [1.807, 2.05) is 0 Å². The Labute approximate surface area is 113 Å². The number of carbonyl (C=O) groups excluding carboxylic acids is 1. The third-order valence-electron chi connectivity index (χ3n) is 3.18. The Balaban J connectivity index is 1.93. The van der Waals surface area contributed by atoms with Gasteiger partial charge in [0.2, 0.25) is 5.01 Å². The summed E-state index contributed by atoms with van der Waals surface area (Å²) in [5.41, 5.74) is 0. The van der Waals surface area contributed by atoms with E-state index < -0.39 is 5.97 Å². The molecule has 0 radical (unpaired) electrons. The molecule has 0 unspecified atom stereocenters. The van der Waals surface area contributed by atoms with E-state index in [2.05, 4.69) is 16.6 Å². The highest BCUT2D eigenvalue weighted by molar-refractivity contribution is 8.00. The van der Waals surface area contributed by atoms with Crippen LogP contribution < -0.4 is 5.32 Å². The zero-order valence-corrected chi connectivity index (χ0v) is 11.6. The predicted molar refractivity (Wildman–Crippen MR) is 71.5 cm³/mol. The van der Waals surface area contributed by atoms with Crippen LogP contribution in [0, 0.1) is 0 Å². The normalized spacial score (nSPS) is 16.9. The molecule has 0 saturated heterocycles. The van der Waals surface area contributed by atoms with E-state index in [0.717, 1.165) is 24.2 Å². The van der Waals surface area contributed by atoms with Crippen molar-refractivity contribution < 1.29 is 14.7 Å². The molecular weight excluding hydrogens is 272 g/mol. The second-order valence-corrected chi connectivity index (χ2v) is 6.56. The molecule has 5 nitrogen and oxygen atoms in total. The van der Waals surface area contributed by atoms with Crippen LogP contribution in [0.2, 0.25) is 0 Å². The molecule has 1 saturated carbocycles. The van der Waals surface area contributed by atoms with Crippen molar-refractivity contribution in [3.63, 3.8) is 0 Å². The molecule has 98 valence electrons. The number of aromatic nitrogens is 1. The first-order chi connectivity index (χ1) is 8.56. The Morgan fingerprint density at radius 2 is 2.33 bits per heavy atom. The van der Waals surface area contributed by atoms with Gasteiger partial charge in [0.05, 0.1) is 6.20 Å². The summed E-state index contributed by atoms with van der Waals surface area (Å²) in [5.74, 6) is -1.33. The highest BCUT2D eigenvalue weighted by Gasteiger charge is 2.36. The van der Waals surface area contributed by atoms with E-state index >= 15 is 0 Å². The van der Waals surface area contributed by atoms with Gasteiger partial charge < -0.3 is 10.4 Å². The number of carboxylic acids is 1. The van der Waals surface area contributed by atoms with Crippen molar-refractivity contribution in [3.8, 4) is 0 Å². The number of carbonyl (C=O) groups is 2. The molecule has 1 aliphatic carbocycles. The first kappa shape index (κ1) is 13.4. The quantitative estimate of drug-likeness (QED) is 0.863. The number of rotatable bonds is 5. The Bertz CT molecular complexity index is 463. The Kier molecular flexibility index (Phi) is 3.91. The van der Waals surface area contributed by atoms with Crippen molar-refractivity contribution in [3.05, 3.63) is 16.1 Å². The van der Waals surface area contributed by atoms with E-state index in [4.69, 9.17) is 5.11 Å². The molecule has 0 aromatic carbocycles. The van der Waals surface area contributed by atoms with E-state index in [-0.39, 0.29) is 15.7 Å². The molecule has 1 heterocycles. The number of hydrogen-bond acceptors (Lipinski definition) is 5. The summed E-state index contributed by atoms with van der Waals surface area (Å²) in [6, 6.07) is 0. The summed E-state index contributed by atoms with van der Waals surface area (Å²) < 4.78 is 0.177. The Hall–Kier alpha value is -1.08. The van der Waals surface area contributed by atoms with Gasteiger partial charge in [0, 0.05) is 11.3 Å². The maximum Gasteiger partial charge on any atom is 0.365 e. The summed E-state index contributed by atoms with van der Waals surface area (Å²) in [5, 5.41) is 11.5. The molecule has 0 spiro atoms. The fourth-order valence-electron chi connectivity index (χ4n) is 1.83. The van der Waals surface area contributed by atoms with E-state index in [1.54, 1.807) is 11.8 Å². The number of carboxylic acid groups (broad SMARTS) is 1. The van der Waals surface area contributed by atoms with Crippen LogP contribution in [-0.4, -0.2) is 39.5 Å². The monoisotopic (exact) mass is 286 g/mol. The van der Waals surface area contributed by atoms with Crippen LogP contribution in [0.3, 0.4) is 0 Å². The summed E-state index contributed by atoms with van der Waals surface area (Å²) in [6.07, 6.45) is 6.83. The maximum absolute atomic E-state index is 11.8. The zero-order valence-electron chi connectivity index (χ0n) is 9.93. The highest BCUT2D eigenvalue weighted by Crippen LogP contribution is 2.42. The van der Waals surface area contributed by atoms with Gasteiger partial charge in [0.25, 0.3) is 5.91 Å². The molecular formula is C11H14N2O3S2. The molecule has 1 amide bonds. The summed E-state index contributed by atoms with van der Waals surface area (Å²) in [4.78, 5) is 26.5. The van der Waals surface area contributed by atoms with Gasteiger partial charge in [-0.25, -0.2) is 9.78 Å². The number of aromatic carboxylic acids is 1. The van der Waals surface area contributed by atoms with E-state index in [0.29, 0.717) is 11.4 Å². The van der Waals surface area contributed by atoms with Gasteiger partial charge in [0.15, 0.2) is 0 Å². The molecule has 1 aromatic rings. The summed E-state index contributed by atoms with van der Waals surface area (Å²) >= 11 is 2.69. The zero-order chi connectivity index (χ0) is 13.2. The van der Waals surface area contributed by atoms with Gasteiger partial charge in [-0.15, -0.1) is 11.3 Å². The number of amides is 1. The van der Waals surface area contributed by atoms with Crippen molar-refractivity contribution in [1.29, 1.82) is 0 Å². The largest absolute Gasteiger partial charge is 0.476 e. The van der Waals surface area contributed by atoms with Gasteiger partial charge in [-0.1, -0.05) is 6.42 Å². The van der Waals surface area contributed by atoms with Crippen molar-refractivity contribution >= 4 is 35.0 Å². The Morgan fingerprint density at radius 1 is 1.61 bits per heavy atom. The summed E-state index contributed by atoms with van der Waals surface area (Å²) in [7, 11) is 0. The van der Waals surface area contributed by atoms with Crippen LogP contribution in [0.15, 0.2) is 6.20 Å². The van der Waals surface area contributed by atoms with Crippen LogP contribution in [0.5, 0.6) is 0 Å². The second kappa shape index (κ2) is 5.27. The summed E-state index contributed by atoms with van der Waals surface area (Å²) in [6.45, 7) is 0.632. The van der Waals surface area contributed by atoms with Crippen LogP contribution >= 0.6 is 23.1 Å². The van der Waals surface area contributed by atoms with Gasteiger partial charge in [-0.2, -0.15) is 11.8 Å². The van der Waals surface area contributed by atoms with Gasteiger partial charge in [-0.05, 0) is 19.1 Å². The molecule has 1 aromatic heterocycles. The molecule has 0 atom stereocenters. The molecule has 2 N–H and O–H groups in total. The molecule has 2 rings (SSSR count). The van der Waals surface area contributed by atoms with E-state index in [1.165, 1.54) is 12.6 Å². The smallest absolute Gasteiger partial charge is 0.365 e. The standard InChI is InChI=1S/C11H14N2O3S2/c1-17-11(3-2-4-11)6-13-8(14)7-5-12-9(18-7)10(15)16/h5H,2-4,6H2,1H3,(H,13,14)(H,15,16). The Morgan fingerprint density at radius 3 is 2.78 bits per heavy atom. The molecule has 1 aliphatic rings. The van der Waals surface area contributed by atoms with Crippen LogP contribution in [0.4, 0.5) is 0 Å². The average molecular weight is 286 g/mol. The highest BCUT2D eigenvalue weighted by atomic mass is 32.2. The molecule has 18 heavy (non-hydrogen) atoms. The topological polar surface area (TPSA) is 79.3 Å². The fourth-order valence-corrected chi connectivity index (χ4v) is 3.42. The lowest BCUT2D eigenvalue weighted by Crippen LogP contribution is -2.45. The van der Waals surface area contributed by atoms with E-state index in [9.17, 15) is 9.59 Å². The predicted octanol–water partition coefficient (Wildman–Crippen LogP) is 1.86. The van der Waals surface area contributed by atoms with Gasteiger partial charge in [-0.3, -0.25) is 4.79 Å². The van der Waals surface area contributed by atoms with Crippen molar-refractivity contribution in [2.24, 2.45) is 0 Å². The lowest BCUT2D eigenvalue weighted by molar-refractivity contribution is 0.0696.